The second-order valence-electron chi connectivity index (χ2n) is 3.67. The van der Waals surface area contributed by atoms with E-state index in [-0.39, 0.29) is 18.0 Å². The van der Waals surface area contributed by atoms with Crippen LogP contribution in [0.25, 0.3) is 0 Å². The average Bonchev–Trinajstić information content (AvgIpc) is 2.98. The highest BCUT2D eigenvalue weighted by atomic mass is 16.5. The van der Waals surface area contributed by atoms with Gasteiger partial charge < -0.3 is 9.47 Å². The highest BCUT2D eigenvalue weighted by Crippen LogP contribution is 2.19. The summed E-state index contributed by atoms with van der Waals surface area (Å²) in [4.78, 5) is 24.3. The van der Waals surface area contributed by atoms with E-state index in [2.05, 4.69) is 0 Å². The van der Waals surface area contributed by atoms with Crippen LogP contribution >= 0.6 is 0 Å². The van der Waals surface area contributed by atoms with Crippen LogP contribution < -0.4 is 0 Å². The molecule has 0 amide bonds. The van der Waals surface area contributed by atoms with Crippen LogP contribution in [0.1, 0.15) is 26.7 Å². The zero-order chi connectivity index (χ0) is 12.0. The molecule has 5 heteroatoms. The predicted octanol–water partition coefficient (Wildman–Crippen LogP) is 0.577. The average molecular weight is 229 g/mol. The first-order valence-electron chi connectivity index (χ1n) is 5.75. The lowest BCUT2D eigenvalue weighted by Gasteiger charge is -2.04. The summed E-state index contributed by atoms with van der Waals surface area (Å²) in [5.41, 5.74) is 0. The molecule has 0 aromatic rings. The summed E-state index contributed by atoms with van der Waals surface area (Å²) in [7, 11) is 0. The summed E-state index contributed by atoms with van der Waals surface area (Å²) in [6, 6.07) is -0.0813. The summed E-state index contributed by atoms with van der Waals surface area (Å²) in [5, 5.41) is 0. The van der Waals surface area contributed by atoms with Crippen molar-refractivity contribution in [3.8, 4) is 0 Å². The smallest absolute Gasteiger partial charge is 0.324 e. The highest BCUT2D eigenvalue weighted by molar-refractivity contribution is 5.79. The summed E-state index contributed by atoms with van der Waals surface area (Å²) < 4.78 is 9.70. The predicted molar refractivity (Wildman–Crippen MR) is 57.9 cm³/mol. The van der Waals surface area contributed by atoms with E-state index in [1.807, 2.05) is 4.90 Å². The van der Waals surface area contributed by atoms with E-state index in [4.69, 9.17) is 9.47 Å². The largest absolute Gasteiger partial charge is 0.466 e. The zero-order valence-corrected chi connectivity index (χ0v) is 9.90. The van der Waals surface area contributed by atoms with Gasteiger partial charge in [-0.3, -0.25) is 14.5 Å². The van der Waals surface area contributed by atoms with Crippen LogP contribution in [0.15, 0.2) is 0 Å². The first-order chi connectivity index (χ1) is 7.69. The van der Waals surface area contributed by atoms with Gasteiger partial charge in [-0.2, -0.15) is 0 Å². The Morgan fingerprint density at radius 2 is 1.94 bits per heavy atom. The molecule has 1 saturated heterocycles. The molecule has 1 heterocycles. The Morgan fingerprint density at radius 1 is 1.25 bits per heavy atom. The molecule has 0 bridgehead atoms. The lowest BCUT2D eigenvalue weighted by Crippen LogP contribution is -2.17. The second-order valence-corrected chi connectivity index (χ2v) is 3.67. The first-order valence-corrected chi connectivity index (χ1v) is 5.75. The van der Waals surface area contributed by atoms with Crippen molar-refractivity contribution in [3.63, 3.8) is 0 Å². The Morgan fingerprint density at radius 3 is 2.56 bits per heavy atom. The molecule has 1 rings (SSSR count). The van der Waals surface area contributed by atoms with E-state index in [0.29, 0.717) is 19.6 Å². The number of rotatable bonds is 7. The molecule has 2 unspecified atom stereocenters. The number of carbonyl (C=O) groups is 2. The van der Waals surface area contributed by atoms with Gasteiger partial charge in [0.2, 0.25) is 0 Å². The van der Waals surface area contributed by atoms with Crippen LogP contribution in [0.5, 0.6) is 0 Å². The van der Waals surface area contributed by atoms with E-state index in [0.717, 1.165) is 19.5 Å². The number of ether oxygens (including phenoxy) is 2. The van der Waals surface area contributed by atoms with Gasteiger partial charge in [-0.1, -0.05) is 0 Å². The van der Waals surface area contributed by atoms with E-state index in [1.54, 1.807) is 13.8 Å². The van der Waals surface area contributed by atoms with Gasteiger partial charge in [-0.25, -0.2) is 0 Å². The normalized spacial score (nSPS) is 22.6. The molecule has 0 radical (unpaired) electrons. The summed E-state index contributed by atoms with van der Waals surface area (Å²) in [6.07, 6.45) is 1.15. The SMILES string of the molecule is CCOC(=O)CCCN1CC1C(=O)OCC. The molecular weight excluding hydrogens is 210 g/mol. The molecule has 1 fully saturated rings. The topological polar surface area (TPSA) is 55.6 Å². The van der Waals surface area contributed by atoms with Crippen molar-refractivity contribution in [2.45, 2.75) is 32.7 Å². The molecule has 0 aromatic heterocycles. The molecular formula is C11H19NO4. The minimum absolute atomic E-state index is 0.0813. The van der Waals surface area contributed by atoms with Crippen LogP contribution in [0.2, 0.25) is 0 Å². The molecule has 0 spiro atoms. The number of hydrogen-bond acceptors (Lipinski definition) is 5. The second kappa shape index (κ2) is 6.48. The quantitative estimate of drug-likeness (QED) is 0.472. The molecule has 16 heavy (non-hydrogen) atoms. The van der Waals surface area contributed by atoms with Crippen LogP contribution in [0.3, 0.4) is 0 Å². The van der Waals surface area contributed by atoms with Crippen LogP contribution in [-0.4, -0.2) is 49.2 Å². The fourth-order valence-electron chi connectivity index (χ4n) is 1.54. The third kappa shape index (κ3) is 4.18. The van der Waals surface area contributed by atoms with E-state index in [9.17, 15) is 9.59 Å². The lowest BCUT2D eigenvalue weighted by atomic mass is 10.3. The summed E-state index contributed by atoms with van der Waals surface area (Å²) in [5.74, 6) is -0.323. The zero-order valence-electron chi connectivity index (χ0n) is 9.90. The minimum Gasteiger partial charge on any atom is -0.466 e. The van der Waals surface area contributed by atoms with Gasteiger partial charge in [-0.05, 0) is 26.8 Å². The van der Waals surface area contributed by atoms with Crippen molar-refractivity contribution in [2.24, 2.45) is 0 Å². The van der Waals surface area contributed by atoms with Gasteiger partial charge in [0.15, 0.2) is 0 Å². The van der Waals surface area contributed by atoms with Crippen molar-refractivity contribution in [3.05, 3.63) is 0 Å². The van der Waals surface area contributed by atoms with Gasteiger partial charge in [0, 0.05) is 13.0 Å². The first kappa shape index (κ1) is 13.0. The third-order valence-corrected chi connectivity index (χ3v) is 2.40. The lowest BCUT2D eigenvalue weighted by molar-refractivity contribution is -0.143. The van der Waals surface area contributed by atoms with Crippen molar-refractivity contribution >= 4 is 11.9 Å². The van der Waals surface area contributed by atoms with Crippen molar-refractivity contribution < 1.29 is 19.1 Å². The van der Waals surface area contributed by atoms with Gasteiger partial charge in [0.05, 0.1) is 13.2 Å². The maximum Gasteiger partial charge on any atom is 0.324 e. The number of carbonyl (C=O) groups excluding carboxylic acids is 2. The molecule has 1 aliphatic rings. The van der Waals surface area contributed by atoms with Crippen molar-refractivity contribution in [1.82, 2.24) is 4.90 Å². The molecule has 0 aliphatic carbocycles. The van der Waals surface area contributed by atoms with Crippen molar-refractivity contribution in [2.75, 3.05) is 26.3 Å². The van der Waals surface area contributed by atoms with E-state index >= 15 is 0 Å². The fraction of sp³-hybridized carbons (Fsp3) is 0.818. The Labute approximate surface area is 95.7 Å². The minimum atomic E-state index is -0.169. The molecule has 92 valence electrons. The Bertz CT molecular complexity index is 254. The van der Waals surface area contributed by atoms with Crippen molar-refractivity contribution in [1.29, 1.82) is 0 Å². The molecule has 0 N–H and O–H groups in total. The highest BCUT2D eigenvalue weighted by Gasteiger charge is 2.40. The van der Waals surface area contributed by atoms with E-state index in [1.165, 1.54) is 0 Å². The number of hydrogen-bond donors (Lipinski definition) is 0. The van der Waals surface area contributed by atoms with E-state index < -0.39 is 0 Å². The summed E-state index contributed by atoms with van der Waals surface area (Å²) >= 11 is 0. The monoisotopic (exact) mass is 229 g/mol. The number of esters is 2. The van der Waals surface area contributed by atoms with Gasteiger partial charge in [-0.15, -0.1) is 0 Å². The Kier molecular flexibility index (Phi) is 5.25. The Hall–Kier alpha value is -1.10. The third-order valence-electron chi connectivity index (χ3n) is 2.40. The van der Waals surface area contributed by atoms with Crippen LogP contribution in [0, 0.1) is 0 Å². The Balaban J connectivity index is 2.04. The van der Waals surface area contributed by atoms with Crippen LogP contribution in [0.4, 0.5) is 0 Å². The number of nitrogens with zero attached hydrogens (tertiary/aromatic N) is 1. The molecule has 0 aromatic carbocycles. The molecule has 0 saturated carbocycles. The molecule has 1 aliphatic heterocycles. The standard InChI is InChI=1S/C11H19NO4/c1-3-15-10(13)6-5-7-12-8-9(12)11(14)16-4-2/h9H,3-8H2,1-2H3. The maximum absolute atomic E-state index is 11.3. The van der Waals surface area contributed by atoms with Gasteiger partial charge in [0.25, 0.3) is 0 Å². The fourth-order valence-corrected chi connectivity index (χ4v) is 1.54. The molecule has 5 nitrogen and oxygen atoms in total. The van der Waals surface area contributed by atoms with Gasteiger partial charge in [0.1, 0.15) is 6.04 Å². The van der Waals surface area contributed by atoms with Gasteiger partial charge >= 0.3 is 11.9 Å². The van der Waals surface area contributed by atoms with Crippen LogP contribution in [-0.2, 0) is 19.1 Å². The maximum atomic E-state index is 11.3. The summed E-state index contributed by atoms with van der Waals surface area (Å²) in [6.45, 7) is 5.94. The molecule has 2 atom stereocenters.